The highest BCUT2D eigenvalue weighted by molar-refractivity contribution is 7.14. The summed E-state index contributed by atoms with van der Waals surface area (Å²) in [7, 11) is 0. The molecular weight excluding hydrogens is 204 g/mol. The summed E-state index contributed by atoms with van der Waals surface area (Å²) in [4.78, 5) is 14.0. The molecule has 1 nitrogen and oxygen atoms in total. The van der Waals surface area contributed by atoms with Crippen molar-refractivity contribution >= 4 is 17.1 Å². The Balaban J connectivity index is 2.32. The first kappa shape index (κ1) is 10.1. The van der Waals surface area contributed by atoms with Gasteiger partial charge in [0.2, 0.25) is 5.78 Å². The molecule has 2 rings (SSSR count). The van der Waals surface area contributed by atoms with Gasteiger partial charge in [-0.05, 0) is 26.0 Å². The Kier molecular flexibility index (Phi) is 2.69. The Hall–Kier alpha value is -1.41. The Morgan fingerprint density at radius 2 is 1.67 bits per heavy atom. The average Bonchev–Trinajstić information content (AvgIpc) is 2.65. The van der Waals surface area contributed by atoms with E-state index in [0.717, 1.165) is 10.4 Å². The van der Waals surface area contributed by atoms with Crippen LogP contribution < -0.4 is 0 Å². The quantitative estimate of drug-likeness (QED) is 0.701. The summed E-state index contributed by atoms with van der Waals surface area (Å²) in [6.45, 7) is 4.03. The molecule has 15 heavy (non-hydrogen) atoms. The van der Waals surface area contributed by atoms with Crippen molar-refractivity contribution in [3.05, 3.63) is 57.3 Å². The van der Waals surface area contributed by atoms with Gasteiger partial charge in [0.1, 0.15) is 0 Å². The van der Waals surface area contributed by atoms with Crippen LogP contribution in [0.5, 0.6) is 0 Å². The maximum absolute atomic E-state index is 12.0. The standard InChI is InChI=1S/C13H12OS/c1-9-3-6-11(7-4-9)13(14)12-8-5-10(2)15-12/h3-8H,1-2H3. The third-order valence-corrected chi connectivity index (χ3v) is 3.28. The summed E-state index contributed by atoms with van der Waals surface area (Å²) < 4.78 is 0. The van der Waals surface area contributed by atoms with E-state index in [4.69, 9.17) is 0 Å². The van der Waals surface area contributed by atoms with Gasteiger partial charge < -0.3 is 0 Å². The van der Waals surface area contributed by atoms with Crippen LogP contribution in [-0.4, -0.2) is 5.78 Å². The molecule has 1 heterocycles. The molecule has 2 aromatic rings. The third kappa shape index (κ3) is 2.16. The van der Waals surface area contributed by atoms with E-state index < -0.39 is 0 Å². The highest BCUT2D eigenvalue weighted by Crippen LogP contribution is 2.19. The maximum Gasteiger partial charge on any atom is 0.202 e. The zero-order chi connectivity index (χ0) is 10.8. The molecule has 0 aliphatic rings. The topological polar surface area (TPSA) is 17.1 Å². The van der Waals surface area contributed by atoms with E-state index in [-0.39, 0.29) is 5.78 Å². The van der Waals surface area contributed by atoms with E-state index in [1.807, 2.05) is 50.2 Å². The molecular formula is C13H12OS. The van der Waals surface area contributed by atoms with Crippen LogP contribution in [0.15, 0.2) is 36.4 Å². The van der Waals surface area contributed by atoms with Gasteiger partial charge in [0, 0.05) is 10.4 Å². The number of ketones is 1. The first-order valence-corrected chi connectivity index (χ1v) is 5.66. The van der Waals surface area contributed by atoms with Crippen molar-refractivity contribution in [1.29, 1.82) is 0 Å². The van der Waals surface area contributed by atoms with Crippen LogP contribution in [0.4, 0.5) is 0 Å². The van der Waals surface area contributed by atoms with Crippen molar-refractivity contribution < 1.29 is 4.79 Å². The van der Waals surface area contributed by atoms with Gasteiger partial charge in [0.25, 0.3) is 0 Å². The second kappa shape index (κ2) is 3.99. The SMILES string of the molecule is Cc1ccc(C(=O)c2ccc(C)s2)cc1. The highest BCUT2D eigenvalue weighted by atomic mass is 32.1. The molecule has 0 fully saturated rings. The Morgan fingerprint density at radius 1 is 1.00 bits per heavy atom. The van der Waals surface area contributed by atoms with E-state index in [0.29, 0.717) is 0 Å². The molecule has 1 aromatic carbocycles. The number of thiophene rings is 1. The van der Waals surface area contributed by atoms with Gasteiger partial charge in [0.15, 0.2) is 0 Å². The van der Waals surface area contributed by atoms with Crippen molar-refractivity contribution in [1.82, 2.24) is 0 Å². The summed E-state index contributed by atoms with van der Waals surface area (Å²) in [6.07, 6.45) is 0. The average molecular weight is 216 g/mol. The Bertz CT molecular complexity index is 479. The van der Waals surface area contributed by atoms with Gasteiger partial charge in [-0.25, -0.2) is 0 Å². The number of hydrogen-bond acceptors (Lipinski definition) is 2. The summed E-state index contributed by atoms with van der Waals surface area (Å²) in [5, 5.41) is 0. The highest BCUT2D eigenvalue weighted by Gasteiger charge is 2.10. The molecule has 0 aliphatic carbocycles. The fourth-order valence-corrected chi connectivity index (χ4v) is 2.23. The third-order valence-electron chi connectivity index (χ3n) is 2.28. The van der Waals surface area contributed by atoms with E-state index in [9.17, 15) is 4.79 Å². The molecule has 0 radical (unpaired) electrons. The van der Waals surface area contributed by atoms with Gasteiger partial charge >= 0.3 is 0 Å². The van der Waals surface area contributed by atoms with Crippen LogP contribution in [0.2, 0.25) is 0 Å². The smallest absolute Gasteiger partial charge is 0.202 e. The molecule has 2 heteroatoms. The normalized spacial score (nSPS) is 10.3. The molecule has 0 aliphatic heterocycles. The molecule has 0 N–H and O–H groups in total. The van der Waals surface area contributed by atoms with Crippen LogP contribution in [0.3, 0.4) is 0 Å². The van der Waals surface area contributed by atoms with E-state index in [1.54, 1.807) is 11.3 Å². The zero-order valence-electron chi connectivity index (χ0n) is 8.78. The van der Waals surface area contributed by atoms with Gasteiger partial charge in [-0.2, -0.15) is 0 Å². The van der Waals surface area contributed by atoms with Crippen molar-refractivity contribution in [3.8, 4) is 0 Å². The van der Waals surface area contributed by atoms with Gasteiger partial charge in [-0.1, -0.05) is 29.8 Å². The number of hydrogen-bond donors (Lipinski definition) is 0. The second-order valence-corrected chi connectivity index (χ2v) is 4.89. The van der Waals surface area contributed by atoms with Crippen molar-refractivity contribution in [2.45, 2.75) is 13.8 Å². The lowest BCUT2D eigenvalue weighted by molar-refractivity contribution is 0.104. The Morgan fingerprint density at radius 3 is 2.20 bits per heavy atom. The number of carbonyl (C=O) groups excluding carboxylic acids is 1. The molecule has 0 unspecified atom stereocenters. The number of benzene rings is 1. The number of rotatable bonds is 2. The molecule has 0 atom stereocenters. The van der Waals surface area contributed by atoms with Crippen LogP contribution in [0.1, 0.15) is 25.7 Å². The lowest BCUT2D eigenvalue weighted by atomic mass is 10.1. The first-order chi connectivity index (χ1) is 7.16. The summed E-state index contributed by atoms with van der Waals surface area (Å²) in [6, 6.07) is 11.6. The molecule has 76 valence electrons. The fourth-order valence-electron chi connectivity index (χ4n) is 1.40. The zero-order valence-corrected chi connectivity index (χ0v) is 9.60. The minimum Gasteiger partial charge on any atom is -0.288 e. The molecule has 0 spiro atoms. The molecule has 1 aromatic heterocycles. The largest absolute Gasteiger partial charge is 0.288 e. The van der Waals surface area contributed by atoms with Crippen molar-refractivity contribution in [3.63, 3.8) is 0 Å². The monoisotopic (exact) mass is 216 g/mol. The van der Waals surface area contributed by atoms with Crippen molar-refractivity contribution in [2.24, 2.45) is 0 Å². The minimum atomic E-state index is 0.119. The van der Waals surface area contributed by atoms with Gasteiger partial charge in [0.05, 0.1) is 4.88 Å². The van der Waals surface area contributed by atoms with E-state index in [1.165, 1.54) is 10.4 Å². The summed E-state index contributed by atoms with van der Waals surface area (Å²) in [5.41, 5.74) is 1.94. The number of carbonyl (C=O) groups is 1. The van der Waals surface area contributed by atoms with Crippen LogP contribution >= 0.6 is 11.3 Å². The summed E-state index contributed by atoms with van der Waals surface area (Å²) >= 11 is 1.55. The van der Waals surface area contributed by atoms with Crippen LogP contribution in [0.25, 0.3) is 0 Å². The predicted octanol–water partition coefficient (Wildman–Crippen LogP) is 3.60. The summed E-state index contributed by atoms with van der Waals surface area (Å²) in [5.74, 6) is 0.119. The second-order valence-electron chi connectivity index (χ2n) is 3.61. The predicted molar refractivity (Wildman–Crippen MR) is 63.7 cm³/mol. The molecule has 0 saturated heterocycles. The molecule has 0 bridgehead atoms. The van der Waals surface area contributed by atoms with Gasteiger partial charge in [-0.3, -0.25) is 4.79 Å². The minimum absolute atomic E-state index is 0.119. The number of aryl methyl sites for hydroxylation is 2. The fraction of sp³-hybridized carbons (Fsp3) is 0.154. The molecule has 0 amide bonds. The van der Waals surface area contributed by atoms with Gasteiger partial charge in [-0.15, -0.1) is 11.3 Å². The molecule has 0 saturated carbocycles. The Labute approximate surface area is 93.4 Å². The lowest BCUT2D eigenvalue weighted by Crippen LogP contribution is -1.97. The van der Waals surface area contributed by atoms with Crippen molar-refractivity contribution in [2.75, 3.05) is 0 Å². The van der Waals surface area contributed by atoms with E-state index in [2.05, 4.69) is 0 Å². The van der Waals surface area contributed by atoms with Crippen LogP contribution in [-0.2, 0) is 0 Å². The maximum atomic E-state index is 12.0. The van der Waals surface area contributed by atoms with E-state index >= 15 is 0 Å². The first-order valence-electron chi connectivity index (χ1n) is 4.84. The lowest BCUT2D eigenvalue weighted by Gasteiger charge is -1.98. The van der Waals surface area contributed by atoms with Crippen LogP contribution in [0, 0.1) is 13.8 Å².